The van der Waals surface area contributed by atoms with Gasteiger partial charge in [0.15, 0.2) is 5.13 Å². The quantitative estimate of drug-likeness (QED) is 0.640. The van der Waals surface area contributed by atoms with Gasteiger partial charge < -0.3 is 4.90 Å². The molecule has 0 bridgehead atoms. The first-order valence-corrected chi connectivity index (χ1v) is 10.3. The van der Waals surface area contributed by atoms with E-state index in [0.717, 1.165) is 11.7 Å². The van der Waals surface area contributed by atoms with Gasteiger partial charge in [-0.3, -0.25) is 9.88 Å². The van der Waals surface area contributed by atoms with Crippen molar-refractivity contribution in [3.05, 3.63) is 77.1 Å². The summed E-state index contributed by atoms with van der Waals surface area (Å²) in [6, 6.07) is 12.8. The highest BCUT2D eigenvalue weighted by molar-refractivity contribution is 7.15. The van der Waals surface area contributed by atoms with E-state index in [1.54, 1.807) is 0 Å². The van der Waals surface area contributed by atoms with Crippen LogP contribution in [0.4, 0.5) is 10.8 Å². The number of nitrogens with zero attached hydrogens (tertiary/aromatic N) is 4. The molecule has 0 amide bonds. The van der Waals surface area contributed by atoms with Gasteiger partial charge >= 0.3 is 0 Å². The number of para-hydroxylation sites is 1. The highest BCUT2D eigenvalue weighted by Gasteiger charge is 2.27. The van der Waals surface area contributed by atoms with E-state index in [2.05, 4.69) is 63.5 Å². The maximum Gasteiger partial charge on any atom is 0.190 e. The van der Waals surface area contributed by atoms with E-state index < -0.39 is 0 Å². The van der Waals surface area contributed by atoms with Crippen LogP contribution in [-0.2, 0) is 6.54 Å². The van der Waals surface area contributed by atoms with Crippen molar-refractivity contribution in [2.24, 2.45) is 0 Å². The van der Waals surface area contributed by atoms with Crippen LogP contribution >= 0.6 is 11.3 Å². The van der Waals surface area contributed by atoms with E-state index in [0.29, 0.717) is 0 Å². The molecule has 1 unspecified atom stereocenters. The third-order valence-electron chi connectivity index (χ3n) is 5.28. The highest BCUT2D eigenvalue weighted by Crippen LogP contribution is 2.43. The van der Waals surface area contributed by atoms with Gasteiger partial charge in [-0.1, -0.05) is 36.4 Å². The smallest absolute Gasteiger partial charge is 0.190 e. The molecule has 0 spiro atoms. The molecule has 5 rings (SSSR count). The maximum absolute atomic E-state index is 4.82. The molecule has 5 heteroatoms. The second-order valence-corrected chi connectivity index (χ2v) is 8.21. The Morgan fingerprint density at radius 3 is 2.78 bits per heavy atom. The number of rotatable bonds is 4. The van der Waals surface area contributed by atoms with Gasteiger partial charge in [-0.25, -0.2) is 4.98 Å². The molecule has 4 heterocycles. The fraction of sp³-hybridized carbons (Fsp3) is 0.273. The summed E-state index contributed by atoms with van der Waals surface area (Å²) in [6.07, 6.45) is 12.9. The normalized spacial score (nSPS) is 19.4. The van der Waals surface area contributed by atoms with Crippen LogP contribution in [-0.4, -0.2) is 28.0 Å². The molecule has 1 atom stereocenters. The van der Waals surface area contributed by atoms with Crippen LogP contribution in [0.3, 0.4) is 0 Å². The zero-order valence-electron chi connectivity index (χ0n) is 15.2. The van der Waals surface area contributed by atoms with Gasteiger partial charge in [-0.15, -0.1) is 11.3 Å². The van der Waals surface area contributed by atoms with Gasteiger partial charge in [0.25, 0.3) is 0 Å². The first-order chi connectivity index (χ1) is 13.4. The second-order valence-electron chi connectivity index (χ2n) is 7.11. The van der Waals surface area contributed by atoms with Gasteiger partial charge in [0, 0.05) is 30.0 Å². The Bertz CT molecular complexity index is 944. The average molecular weight is 375 g/mol. The lowest BCUT2D eigenvalue weighted by molar-refractivity contribution is 0.334. The Kier molecular flexibility index (Phi) is 4.47. The first kappa shape index (κ1) is 16.7. The predicted octanol–water partition coefficient (Wildman–Crippen LogP) is 5.04. The standard InChI is InChI=1S/C22H22N4S/c1-2-8-20-17(6-1)9-10-21(18-7-5-11-23-14-18)26(20)22-24-15-19(27-22)16-25-12-3-4-13-25/h1-2,5-11,14-15,21H,3-4,12-13,16H2. The molecule has 2 aliphatic heterocycles. The van der Waals surface area contributed by atoms with Crippen molar-refractivity contribution in [1.29, 1.82) is 0 Å². The van der Waals surface area contributed by atoms with Gasteiger partial charge in [-0.05, 0) is 49.2 Å². The van der Waals surface area contributed by atoms with Crippen molar-refractivity contribution < 1.29 is 0 Å². The van der Waals surface area contributed by atoms with Crippen molar-refractivity contribution >= 4 is 28.2 Å². The lowest BCUT2D eigenvalue weighted by atomic mass is 9.99. The maximum atomic E-state index is 4.82. The van der Waals surface area contributed by atoms with Gasteiger partial charge in [-0.2, -0.15) is 0 Å². The van der Waals surface area contributed by atoms with Crippen molar-refractivity contribution in [1.82, 2.24) is 14.9 Å². The highest BCUT2D eigenvalue weighted by atomic mass is 32.1. The summed E-state index contributed by atoms with van der Waals surface area (Å²) in [5.41, 5.74) is 3.62. The zero-order chi connectivity index (χ0) is 18.1. The molecule has 1 fully saturated rings. The Hall–Kier alpha value is -2.50. The number of hydrogen-bond donors (Lipinski definition) is 0. The Morgan fingerprint density at radius 1 is 1.04 bits per heavy atom. The van der Waals surface area contributed by atoms with E-state index in [9.17, 15) is 0 Å². The molecular formula is C22H22N4S. The van der Waals surface area contributed by atoms with Gasteiger partial charge in [0.2, 0.25) is 0 Å². The number of aromatic nitrogens is 2. The Morgan fingerprint density at radius 2 is 1.93 bits per heavy atom. The number of anilines is 2. The average Bonchev–Trinajstić information content (AvgIpc) is 3.40. The topological polar surface area (TPSA) is 32.3 Å². The Balaban J connectivity index is 1.52. The fourth-order valence-electron chi connectivity index (χ4n) is 3.95. The molecule has 136 valence electrons. The number of fused-ring (bicyclic) bond motifs is 1. The number of thiazole rings is 1. The third kappa shape index (κ3) is 3.29. The number of benzene rings is 1. The van der Waals surface area contributed by atoms with Crippen LogP contribution < -0.4 is 4.90 Å². The van der Waals surface area contributed by atoms with E-state index in [-0.39, 0.29) is 6.04 Å². The molecule has 0 N–H and O–H groups in total. The lowest BCUT2D eigenvalue weighted by Crippen LogP contribution is -2.25. The van der Waals surface area contributed by atoms with Crippen molar-refractivity contribution in [3.63, 3.8) is 0 Å². The minimum Gasteiger partial charge on any atom is -0.306 e. The summed E-state index contributed by atoms with van der Waals surface area (Å²) in [5, 5.41) is 1.05. The Labute approximate surface area is 163 Å². The summed E-state index contributed by atoms with van der Waals surface area (Å²) in [7, 11) is 0. The summed E-state index contributed by atoms with van der Waals surface area (Å²) in [4.78, 5) is 15.4. The zero-order valence-corrected chi connectivity index (χ0v) is 16.0. The molecule has 2 aliphatic rings. The molecular weight excluding hydrogens is 352 g/mol. The lowest BCUT2D eigenvalue weighted by Gasteiger charge is -2.33. The van der Waals surface area contributed by atoms with Crippen molar-refractivity contribution in [2.45, 2.75) is 25.4 Å². The molecule has 1 aromatic carbocycles. The summed E-state index contributed by atoms with van der Waals surface area (Å²) in [5.74, 6) is 0. The molecule has 2 aromatic heterocycles. The van der Waals surface area contributed by atoms with Crippen LogP contribution in [0.2, 0.25) is 0 Å². The summed E-state index contributed by atoms with van der Waals surface area (Å²) >= 11 is 1.81. The van der Waals surface area contributed by atoms with Crippen LogP contribution in [0.1, 0.15) is 34.9 Å². The van der Waals surface area contributed by atoms with Crippen molar-refractivity contribution in [3.8, 4) is 0 Å². The van der Waals surface area contributed by atoms with E-state index in [1.807, 2.05) is 29.8 Å². The molecule has 1 saturated heterocycles. The molecule has 3 aromatic rings. The molecule has 0 aliphatic carbocycles. The van der Waals surface area contributed by atoms with E-state index >= 15 is 0 Å². The van der Waals surface area contributed by atoms with E-state index in [1.165, 1.54) is 47.6 Å². The van der Waals surface area contributed by atoms with Crippen molar-refractivity contribution in [2.75, 3.05) is 18.0 Å². The minimum atomic E-state index is 0.111. The SMILES string of the molecule is C1=CC(c2cccnc2)N(c2ncc(CN3CCCC3)s2)c2ccccc21. The van der Waals surface area contributed by atoms with E-state index in [4.69, 9.17) is 4.98 Å². The first-order valence-electron chi connectivity index (χ1n) is 9.52. The van der Waals surface area contributed by atoms with Crippen LogP contribution in [0.15, 0.2) is 61.1 Å². The van der Waals surface area contributed by atoms with Crippen LogP contribution in [0, 0.1) is 0 Å². The van der Waals surface area contributed by atoms with Crippen LogP contribution in [0.25, 0.3) is 6.08 Å². The molecule has 0 saturated carbocycles. The van der Waals surface area contributed by atoms with Crippen LogP contribution in [0.5, 0.6) is 0 Å². The second kappa shape index (κ2) is 7.25. The number of pyridine rings is 1. The van der Waals surface area contributed by atoms with Gasteiger partial charge in [0.05, 0.1) is 11.7 Å². The summed E-state index contributed by atoms with van der Waals surface area (Å²) in [6.45, 7) is 3.43. The fourth-order valence-corrected chi connectivity index (χ4v) is 4.96. The predicted molar refractivity (Wildman–Crippen MR) is 111 cm³/mol. The minimum absolute atomic E-state index is 0.111. The third-order valence-corrected chi connectivity index (χ3v) is 6.27. The molecule has 0 radical (unpaired) electrons. The summed E-state index contributed by atoms with van der Waals surface area (Å²) < 4.78 is 0. The number of hydrogen-bond acceptors (Lipinski definition) is 5. The van der Waals surface area contributed by atoms with Gasteiger partial charge in [0.1, 0.15) is 0 Å². The largest absolute Gasteiger partial charge is 0.306 e. The number of likely N-dealkylation sites (tertiary alicyclic amines) is 1. The molecule has 4 nitrogen and oxygen atoms in total. The monoisotopic (exact) mass is 374 g/mol. The molecule has 27 heavy (non-hydrogen) atoms.